The molecule has 0 atom stereocenters. The zero-order valence-corrected chi connectivity index (χ0v) is 9.56. The summed E-state index contributed by atoms with van der Waals surface area (Å²) in [6.45, 7) is 0. The standard InChI is InChI=1S/C13H12F4O/c14-11-5-4-9(7-10(11)13(15,16)17)12(18)6-8-2-1-3-8/h4-5,7-8H,1-3,6H2. The van der Waals surface area contributed by atoms with Crippen molar-refractivity contribution in [2.45, 2.75) is 31.9 Å². The smallest absolute Gasteiger partial charge is 0.294 e. The summed E-state index contributed by atoms with van der Waals surface area (Å²) in [6.07, 6.45) is -1.56. The van der Waals surface area contributed by atoms with Crippen molar-refractivity contribution in [3.8, 4) is 0 Å². The van der Waals surface area contributed by atoms with Crippen molar-refractivity contribution in [1.82, 2.24) is 0 Å². The molecule has 0 unspecified atom stereocenters. The SMILES string of the molecule is O=C(CC1CCC1)c1ccc(F)c(C(F)(F)F)c1. The number of alkyl halides is 3. The van der Waals surface area contributed by atoms with E-state index in [0.29, 0.717) is 12.1 Å². The second-order valence-corrected chi connectivity index (χ2v) is 4.62. The van der Waals surface area contributed by atoms with Crippen LogP contribution >= 0.6 is 0 Å². The summed E-state index contributed by atoms with van der Waals surface area (Å²) in [5, 5.41) is 0. The summed E-state index contributed by atoms with van der Waals surface area (Å²) >= 11 is 0. The van der Waals surface area contributed by atoms with Gasteiger partial charge in [-0.3, -0.25) is 4.79 Å². The highest BCUT2D eigenvalue weighted by atomic mass is 19.4. The first-order valence-corrected chi connectivity index (χ1v) is 5.78. The fourth-order valence-corrected chi connectivity index (χ4v) is 1.99. The Hall–Kier alpha value is -1.39. The van der Waals surface area contributed by atoms with E-state index in [9.17, 15) is 22.4 Å². The van der Waals surface area contributed by atoms with E-state index in [4.69, 9.17) is 0 Å². The monoisotopic (exact) mass is 260 g/mol. The molecule has 1 fully saturated rings. The van der Waals surface area contributed by atoms with Crippen LogP contribution in [0.1, 0.15) is 41.6 Å². The molecule has 18 heavy (non-hydrogen) atoms. The van der Waals surface area contributed by atoms with Crippen molar-refractivity contribution in [1.29, 1.82) is 0 Å². The van der Waals surface area contributed by atoms with E-state index < -0.39 is 17.6 Å². The second kappa shape index (κ2) is 4.71. The predicted octanol–water partition coefficient (Wildman–Crippen LogP) is 4.22. The summed E-state index contributed by atoms with van der Waals surface area (Å²) in [4.78, 5) is 11.7. The Morgan fingerprint density at radius 2 is 1.94 bits per heavy atom. The Bertz CT molecular complexity index is 461. The van der Waals surface area contributed by atoms with Crippen molar-refractivity contribution >= 4 is 5.78 Å². The summed E-state index contributed by atoms with van der Waals surface area (Å²) in [6, 6.07) is 2.43. The van der Waals surface area contributed by atoms with E-state index in [0.717, 1.165) is 25.3 Å². The molecule has 1 nitrogen and oxygen atoms in total. The van der Waals surface area contributed by atoms with Crippen LogP contribution in [0.3, 0.4) is 0 Å². The number of hydrogen-bond donors (Lipinski definition) is 0. The number of rotatable bonds is 3. The lowest BCUT2D eigenvalue weighted by Gasteiger charge is -2.24. The number of benzene rings is 1. The maximum atomic E-state index is 13.0. The molecular weight excluding hydrogens is 248 g/mol. The third kappa shape index (κ3) is 2.71. The molecule has 1 aliphatic carbocycles. The molecule has 0 aliphatic heterocycles. The van der Waals surface area contributed by atoms with Crippen molar-refractivity contribution in [2.24, 2.45) is 5.92 Å². The average Bonchev–Trinajstić information content (AvgIpc) is 2.22. The lowest BCUT2D eigenvalue weighted by molar-refractivity contribution is -0.140. The van der Waals surface area contributed by atoms with Gasteiger partial charge in [-0.15, -0.1) is 0 Å². The van der Waals surface area contributed by atoms with E-state index in [1.165, 1.54) is 0 Å². The first kappa shape index (κ1) is 13.1. The summed E-state index contributed by atoms with van der Waals surface area (Å²) < 4.78 is 50.5. The molecule has 1 aromatic carbocycles. The second-order valence-electron chi connectivity index (χ2n) is 4.62. The molecule has 0 bridgehead atoms. The van der Waals surface area contributed by atoms with Gasteiger partial charge in [0.2, 0.25) is 0 Å². The highest BCUT2D eigenvalue weighted by molar-refractivity contribution is 5.96. The molecule has 1 saturated carbocycles. The van der Waals surface area contributed by atoms with Crippen molar-refractivity contribution < 1.29 is 22.4 Å². The first-order valence-electron chi connectivity index (χ1n) is 5.78. The third-order valence-corrected chi connectivity index (χ3v) is 3.29. The number of carbonyl (C=O) groups is 1. The fraction of sp³-hybridized carbons (Fsp3) is 0.462. The van der Waals surface area contributed by atoms with Gasteiger partial charge in [-0.05, 0) is 24.1 Å². The van der Waals surface area contributed by atoms with Gasteiger partial charge in [0.1, 0.15) is 5.82 Å². The van der Waals surface area contributed by atoms with Gasteiger partial charge in [0, 0.05) is 12.0 Å². The molecule has 0 amide bonds. The lowest BCUT2D eigenvalue weighted by Crippen LogP contribution is -2.17. The van der Waals surface area contributed by atoms with E-state index in [-0.39, 0.29) is 23.7 Å². The zero-order chi connectivity index (χ0) is 13.3. The lowest BCUT2D eigenvalue weighted by atomic mass is 9.81. The van der Waals surface area contributed by atoms with Gasteiger partial charge in [-0.2, -0.15) is 13.2 Å². The van der Waals surface area contributed by atoms with Crippen molar-refractivity contribution in [3.63, 3.8) is 0 Å². The van der Waals surface area contributed by atoms with Crippen LogP contribution in [0.2, 0.25) is 0 Å². The zero-order valence-electron chi connectivity index (χ0n) is 9.56. The minimum atomic E-state index is -4.77. The van der Waals surface area contributed by atoms with E-state index in [1.807, 2.05) is 0 Å². The molecular formula is C13H12F4O. The highest BCUT2D eigenvalue weighted by Crippen LogP contribution is 2.34. The molecule has 0 radical (unpaired) electrons. The Morgan fingerprint density at radius 1 is 1.28 bits per heavy atom. The summed E-state index contributed by atoms with van der Waals surface area (Å²) in [5.41, 5.74) is -1.43. The van der Waals surface area contributed by atoms with Gasteiger partial charge < -0.3 is 0 Å². The molecule has 1 aromatic rings. The number of Topliss-reactive ketones (excluding diaryl/α,β-unsaturated/α-hetero) is 1. The normalized spacial score (nSPS) is 16.4. The Labute approximate surface area is 102 Å². The molecule has 0 saturated heterocycles. The van der Waals surface area contributed by atoms with E-state index >= 15 is 0 Å². The van der Waals surface area contributed by atoms with Crippen LogP contribution in [0, 0.1) is 11.7 Å². The number of halogens is 4. The molecule has 0 N–H and O–H groups in total. The molecule has 98 valence electrons. The minimum Gasteiger partial charge on any atom is -0.294 e. The Kier molecular flexibility index (Phi) is 3.41. The Morgan fingerprint density at radius 3 is 2.44 bits per heavy atom. The van der Waals surface area contributed by atoms with Crippen molar-refractivity contribution in [2.75, 3.05) is 0 Å². The largest absolute Gasteiger partial charge is 0.419 e. The van der Waals surface area contributed by atoms with Gasteiger partial charge in [0.05, 0.1) is 5.56 Å². The molecule has 1 aliphatic rings. The van der Waals surface area contributed by atoms with Crippen molar-refractivity contribution in [3.05, 3.63) is 35.1 Å². The number of hydrogen-bond acceptors (Lipinski definition) is 1. The van der Waals surface area contributed by atoms with Crippen LogP contribution in [-0.2, 0) is 6.18 Å². The molecule has 0 spiro atoms. The summed E-state index contributed by atoms with van der Waals surface area (Å²) in [5.74, 6) is -1.41. The quantitative estimate of drug-likeness (QED) is 0.587. The van der Waals surface area contributed by atoms with Gasteiger partial charge >= 0.3 is 6.18 Å². The maximum absolute atomic E-state index is 13.0. The molecule has 2 rings (SSSR count). The van der Waals surface area contributed by atoms with Gasteiger partial charge in [-0.25, -0.2) is 4.39 Å². The van der Waals surface area contributed by atoms with E-state index in [2.05, 4.69) is 0 Å². The van der Waals surface area contributed by atoms with Crippen LogP contribution < -0.4 is 0 Å². The number of ketones is 1. The van der Waals surface area contributed by atoms with Crippen LogP contribution in [0.25, 0.3) is 0 Å². The first-order chi connectivity index (χ1) is 8.38. The summed E-state index contributed by atoms with van der Waals surface area (Å²) in [7, 11) is 0. The van der Waals surface area contributed by atoms with Gasteiger partial charge in [0.15, 0.2) is 5.78 Å². The minimum absolute atomic E-state index is 0.0596. The topological polar surface area (TPSA) is 17.1 Å². The molecule has 5 heteroatoms. The maximum Gasteiger partial charge on any atom is 0.419 e. The van der Waals surface area contributed by atoms with Crippen LogP contribution in [0.15, 0.2) is 18.2 Å². The number of carbonyl (C=O) groups excluding carboxylic acids is 1. The van der Waals surface area contributed by atoms with Gasteiger partial charge in [0.25, 0.3) is 0 Å². The van der Waals surface area contributed by atoms with Crippen LogP contribution in [0.5, 0.6) is 0 Å². The molecule has 0 aromatic heterocycles. The Balaban J connectivity index is 2.20. The highest BCUT2D eigenvalue weighted by Gasteiger charge is 2.34. The fourth-order valence-electron chi connectivity index (χ4n) is 1.99. The van der Waals surface area contributed by atoms with Crippen LogP contribution in [-0.4, -0.2) is 5.78 Å². The molecule has 0 heterocycles. The van der Waals surface area contributed by atoms with Crippen LogP contribution in [0.4, 0.5) is 17.6 Å². The average molecular weight is 260 g/mol. The predicted molar refractivity (Wildman–Crippen MR) is 57.7 cm³/mol. The van der Waals surface area contributed by atoms with Gasteiger partial charge in [-0.1, -0.05) is 19.3 Å². The van der Waals surface area contributed by atoms with E-state index in [1.54, 1.807) is 0 Å². The third-order valence-electron chi connectivity index (χ3n) is 3.29.